The van der Waals surface area contributed by atoms with E-state index in [9.17, 15) is 0 Å². The topological polar surface area (TPSA) is 61.4 Å². The Kier molecular flexibility index (Phi) is 4.93. The first-order chi connectivity index (χ1) is 10.8. The lowest BCUT2D eigenvalue weighted by atomic mass is 10.0. The molecule has 4 heteroatoms. The highest BCUT2D eigenvalue weighted by atomic mass is 16.5. The zero-order chi connectivity index (χ0) is 15.2. The van der Waals surface area contributed by atoms with Crippen LogP contribution in [0.2, 0.25) is 0 Å². The minimum Gasteiger partial charge on any atom is -0.489 e. The molecule has 1 fully saturated rings. The summed E-state index contributed by atoms with van der Waals surface area (Å²) in [5.41, 5.74) is 8.14. The van der Waals surface area contributed by atoms with E-state index in [1.807, 2.05) is 30.3 Å². The number of nitrogens with zero attached hydrogens (tertiary/aromatic N) is 1. The van der Waals surface area contributed by atoms with Crippen molar-refractivity contribution in [3.63, 3.8) is 0 Å². The number of hydrogen-bond acceptors (Lipinski definition) is 3. The molecule has 4 nitrogen and oxygen atoms in total. The molecule has 2 unspecified atom stereocenters. The van der Waals surface area contributed by atoms with Gasteiger partial charge in [-0.15, -0.1) is 0 Å². The van der Waals surface area contributed by atoms with Crippen LogP contribution in [-0.2, 0) is 6.61 Å². The van der Waals surface area contributed by atoms with Crippen LogP contribution in [0.1, 0.15) is 18.4 Å². The van der Waals surface area contributed by atoms with Crippen molar-refractivity contribution in [2.45, 2.75) is 31.7 Å². The lowest BCUT2D eigenvalue weighted by Gasteiger charge is -2.28. The molecule has 0 amide bonds. The van der Waals surface area contributed by atoms with Crippen molar-refractivity contribution >= 4 is 5.69 Å². The number of benzene rings is 2. The van der Waals surface area contributed by atoms with Crippen molar-refractivity contribution in [1.82, 2.24) is 5.32 Å². The molecule has 1 aliphatic rings. The Hall–Kier alpha value is -2.04. The van der Waals surface area contributed by atoms with Crippen LogP contribution < -0.4 is 21.1 Å². The second-order valence-electron chi connectivity index (χ2n) is 5.64. The quantitative estimate of drug-likeness (QED) is 0.892. The average molecular weight is 296 g/mol. The summed E-state index contributed by atoms with van der Waals surface area (Å²) in [6.45, 7) is 1.43. The van der Waals surface area contributed by atoms with Crippen LogP contribution in [-0.4, -0.2) is 18.8 Å². The highest BCUT2D eigenvalue weighted by Gasteiger charge is 2.19. The van der Waals surface area contributed by atoms with Crippen LogP contribution in [0.3, 0.4) is 0 Å². The average Bonchev–Trinajstić information content (AvgIpc) is 2.55. The Morgan fingerprint density at radius 3 is 2.59 bits per heavy atom. The molecule has 1 saturated heterocycles. The first-order valence-corrected chi connectivity index (χ1v) is 7.75. The van der Waals surface area contributed by atoms with Crippen molar-refractivity contribution in [2.24, 2.45) is 5.73 Å². The van der Waals surface area contributed by atoms with Crippen molar-refractivity contribution < 1.29 is 4.74 Å². The van der Waals surface area contributed by atoms with E-state index in [-0.39, 0.29) is 6.17 Å². The van der Waals surface area contributed by atoms with Gasteiger partial charge in [-0.3, -0.25) is 0 Å². The molecular weight excluding hydrogens is 274 g/mol. The summed E-state index contributed by atoms with van der Waals surface area (Å²) < 4.78 is 5.79. The van der Waals surface area contributed by atoms with E-state index in [1.54, 1.807) is 0 Å². The third kappa shape index (κ3) is 4.23. The summed E-state index contributed by atoms with van der Waals surface area (Å²) in [6.07, 6.45) is 1.91. The van der Waals surface area contributed by atoms with E-state index in [4.69, 9.17) is 10.5 Å². The van der Waals surface area contributed by atoms with Gasteiger partial charge in [0.05, 0.1) is 6.17 Å². The maximum Gasteiger partial charge on any atom is 0.119 e. The summed E-state index contributed by atoms with van der Waals surface area (Å²) >= 11 is 0. The Balaban J connectivity index is 1.51. The normalized spacial score (nSPS) is 21.3. The van der Waals surface area contributed by atoms with Crippen molar-refractivity contribution in [2.75, 3.05) is 11.9 Å². The van der Waals surface area contributed by atoms with Gasteiger partial charge in [-0.1, -0.05) is 30.3 Å². The predicted molar refractivity (Wildman–Crippen MR) is 88.8 cm³/mol. The van der Waals surface area contributed by atoms with Gasteiger partial charge in [-0.25, -0.2) is 5.32 Å². The summed E-state index contributed by atoms with van der Waals surface area (Å²) in [5.74, 6) is 0.879. The smallest absolute Gasteiger partial charge is 0.119 e. The molecule has 2 atom stereocenters. The first kappa shape index (κ1) is 14.9. The number of hydrogen-bond donors (Lipinski definition) is 2. The SMILES string of the molecule is NC1CC(Nc2ccc(OCc3ccccc3)cc2)CC[N]1. The molecule has 2 aromatic rings. The molecule has 0 aromatic heterocycles. The number of nitrogens with one attached hydrogen (secondary N) is 1. The van der Waals surface area contributed by atoms with Gasteiger partial charge in [0.15, 0.2) is 0 Å². The van der Waals surface area contributed by atoms with E-state index in [1.165, 1.54) is 5.56 Å². The van der Waals surface area contributed by atoms with E-state index in [0.717, 1.165) is 30.8 Å². The Bertz CT molecular complexity index is 571. The second-order valence-corrected chi connectivity index (χ2v) is 5.64. The molecule has 3 rings (SSSR count). The van der Waals surface area contributed by atoms with Crippen LogP contribution >= 0.6 is 0 Å². The maximum atomic E-state index is 5.87. The van der Waals surface area contributed by atoms with Crippen LogP contribution in [0.25, 0.3) is 0 Å². The molecule has 1 radical (unpaired) electrons. The maximum absolute atomic E-state index is 5.87. The predicted octanol–water partition coefficient (Wildman–Crippen LogP) is 2.73. The van der Waals surface area contributed by atoms with Gasteiger partial charge in [-0.05, 0) is 42.7 Å². The number of rotatable bonds is 5. The molecule has 3 N–H and O–H groups in total. The van der Waals surface area contributed by atoms with Crippen molar-refractivity contribution in [3.8, 4) is 5.75 Å². The van der Waals surface area contributed by atoms with Gasteiger partial charge in [0.25, 0.3) is 0 Å². The van der Waals surface area contributed by atoms with E-state index in [0.29, 0.717) is 12.6 Å². The summed E-state index contributed by atoms with van der Waals surface area (Å²) in [6, 6.07) is 18.7. The third-order valence-electron chi connectivity index (χ3n) is 3.84. The Labute approximate surface area is 131 Å². The minimum absolute atomic E-state index is 0.0280. The number of nitrogens with two attached hydrogens (primary N) is 1. The highest BCUT2D eigenvalue weighted by Crippen LogP contribution is 2.20. The molecule has 0 spiro atoms. The van der Waals surface area contributed by atoms with Gasteiger partial charge in [-0.2, -0.15) is 0 Å². The Morgan fingerprint density at radius 1 is 1.09 bits per heavy atom. The molecule has 115 valence electrons. The number of ether oxygens (including phenoxy) is 1. The molecule has 2 aromatic carbocycles. The fourth-order valence-electron chi connectivity index (χ4n) is 2.64. The number of piperidine rings is 1. The van der Waals surface area contributed by atoms with Gasteiger partial charge in [0.1, 0.15) is 12.4 Å². The van der Waals surface area contributed by atoms with Crippen LogP contribution in [0, 0.1) is 0 Å². The molecule has 0 saturated carbocycles. The lowest BCUT2D eigenvalue weighted by Crippen LogP contribution is -2.43. The number of anilines is 1. The first-order valence-electron chi connectivity index (χ1n) is 7.75. The lowest BCUT2D eigenvalue weighted by molar-refractivity contribution is 0.306. The third-order valence-corrected chi connectivity index (χ3v) is 3.84. The Morgan fingerprint density at radius 2 is 1.86 bits per heavy atom. The van der Waals surface area contributed by atoms with E-state index >= 15 is 0 Å². The molecule has 0 bridgehead atoms. The zero-order valence-electron chi connectivity index (χ0n) is 12.6. The van der Waals surface area contributed by atoms with Gasteiger partial charge in [0, 0.05) is 18.3 Å². The van der Waals surface area contributed by atoms with Crippen LogP contribution in [0.4, 0.5) is 5.69 Å². The fourth-order valence-corrected chi connectivity index (χ4v) is 2.64. The summed E-state index contributed by atoms with van der Waals surface area (Å²) in [7, 11) is 0. The molecule has 0 aliphatic carbocycles. The molecular formula is C18H22N3O. The summed E-state index contributed by atoms with van der Waals surface area (Å²) in [5, 5.41) is 7.82. The molecule has 22 heavy (non-hydrogen) atoms. The minimum atomic E-state index is -0.0280. The molecule has 1 aliphatic heterocycles. The largest absolute Gasteiger partial charge is 0.489 e. The van der Waals surface area contributed by atoms with Gasteiger partial charge >= 0.3 is 0 Å². The van der Waals surface area contributed by atoms with Crippen molar-refractivity contribution in [3.05, 3.63) is 60.2 Å². The fraction of sp³-hybridized carbons (Fsp3) is 0.333. The second kappa shape index (κ2) is 7.29. The van der Waals surface area contributed by atoms with Crippen LogP contribution in [0.15, 0.2) is 54.6 Å². The summed E-state index contributed by atoms with van der Waals surface area (Å²) in [4.78, 5) is 0. The monoisotopic (exact) mass is 296 g/mol. The van der Waals surface area contributed by atoms with Gasteiger partial charge in [0.2, 0.25) is 0 Å². The van der Waals surface area contributed by atoms with Crippen molar-refractivity contribution in [1.29, 1.82) is 0 Å². The standard InChI is InChI=1S/C18H22N3O/c19-18-12-16(10-11-20-18)21-15-6-8-17(9-7-15)22-13-14-4-2-1-3-5-14/h1-9,16,18,21H,10-13,19H2. The van der Waals surface area contributed by atoms with E-state index in [2.05, 4.69) is 34.9 Å². The zero-order valence-corrected chi connectivity index (χ0v) is 12.6. The van der Waals surface area contributed by atoms with Gasteiger partial charge < -0.3 is 15.8 Å². The molecule has 1 heterocycles. The highest BCUT2D eigenvalue weighted by molar-refractivity contribution is 5.47. The van der Waals surface area contributed by atoms with Crippen LogP contribution in [0.5, 0.6) is 5.75 Å². The van der Waals surface area contributed by atoms with E-state index < -0.39 is 0 Å².